The average Bonchev–Trinajstić information content (AvgIpc) is 2.61. The van der Waals surface area contributed by atoms with Crippen molar-refractivity contribution in [3.63, 3.8) is 0 Å². The molecule has 1 nitrogen and oxygen atoms in total. The Morgan fingerprint density at radius 3 is 2.58 bits per heavy atom. The zero-order valence-electron chi connectivity index (χ0n) is 11.5. The molecule has 2 aliphatic carbocycles. The first-order chi connectivity index (χ1) is 9.34. The second-order valence-electron chi connectivity index (χ2n) is 5.93. The highest BCUT2D eigenvalue weighted by molar-refractivity contribution is 6.09. The number of allylic oxidation sites excluding steroid dienone is 2. The molecule has 0 spiro atoms. The molecular weight excluding hydrogens is 232 g/mol. The van der Waals surface area contributed by atoms with E-state index in [9.17, 15) is 4.79 Å². The minimum atomic E-state index is 0.290. The van der Waals surface area contributed by atoms with Gasteiger partial charge in [-0.1, -0.05) is 49.6 Å². The van der Waals surface area contributed by atoms with Crippen LogP contribution in [-0.2, 0) is 6.42 Å². The maximum Gasteiger partial charge on any atom is 0.188 e. The number of Topliss-reactive ketones (excluding diaryl/α,β-unsaturated/α-hetero) is 1. The Morgan fingerprint density at radius 2 is 1.74 bits per heavy atom. The van der Waals surface area contributed by atoms with Gasteiger partial charge in [0.25, 0.3) is 0 Å². The zero-order valence-corrected chi connectivity index (χ0v) is 11.5. The summed E-state index contributed by atoms with van der Waals surface area (Å²) in [6.07, 6.45) is 12.0. The van der Waals surface area contributed by atoms with Crippen LogP contribution in [0.3, 0.4) is 0 Å². The predicted octanol–water partition coefficient (Wildman–Crippen LogP) is 4.71. The van der Waals surface area contributed by atoms with E-state index in [1.807, 2.05) is 18.2 Å². The summed E-state index contributed by atoms with van der Waals surface area (Å²) in [4.78, 5) is 12.6. The smallest absolute Gasteiger partial charge is 0.188 e. The summed E-state index contributed by atoms with van der Waals surface area (Å²) >= 11 is 0. The van der Waals surface area contributed by atoms with Gasteiger partial charge in [-0.25, -0.2) is 0 Å². The molecule has 1 aromatic rings. The molecule has 19 heavy (non-hydrogen) atoms. The first-order valence-corrected chi connectivity index (χ1v) is 7.68. The lowest BCUT2D eigenvalue weighted by Crippen LogP contribution is -2.08. The Morgan fingerprint density at radius 1 is 0.947 bits per heavy atom. The molecule has 100 valence electrons. The first kappa shape index (κ1) is 12.7. The fourth-order valence-electron chi connectivity index (χ4n) is 3.46. The van der Waals surface area contributed by atoms with Crippen LogP contribution < -0.4 is 0 Å². The third-order valence-corrected chi connectivity index (χ3v) is 4.53. The molecule has 1 saturated carbocycles. The van der Waals surface area contributed by atoms with Crippen molar-refractivity contribution in [2.45, 2.75) is 51.4 Å². The van der Waals surface area contributed by atoms with E-state index in [0.717, 1.165) is 30.4 Å². The van der Waals surface area contributed by atoms with Crippen molar-refractivity contribution < 1.29 is 4.79 Å². The summed E-state index contributed by atoms with van der Waals surface area (Å²) in [5.74, 6) is 0.941. The highest BCUT2D eigenvalue weighted by Gasteiger charge is 2.21. The summed E-state index contributed by atoms with van der Waals surface area (Å²) < 4.78 is 0. The zero-order chi connectivity index (χ0) is 13.1. The topological polar surface area (TPSA) is 17.1 Å². The molecular formula is C18H22O. The molecule has 0 atom stereocenters. The van der Waals surface area contributed by atoms with Crippen LogP contribution in [0.5, 0.6) is 0 Å². The molecule has 3 rings (SSSR count). The van der Waals surface area contributed by atoms with E-state index < -0.39 is 0 Å². The van der Waals surface area contributed by atoms with Crippen molar-refractivity contribution in [1.29, 1.82) is 0 Å². The second-order valence-corrected chi connectivity index (χ2v) is 5.93. The van der Waals surface area contributed by atoms with E-state index in [2.05, 4.69) is 12.1 Å². The lowest BCUT2D eigenvalue weighted by molar-refractivity contribution is 0.103. The van der Waals surface area contributed by atoms with Gasteiger partial charge >= 0.3 is 0 Å². The monoisotopic (exact) mass is 254 g/mol. The molecule has 0 saturated heterocycles. The third kappa shape index (κ3) is 2.80. The van der Waals surface area contributed by atoms with Crippen LogP contribution in [0.15, 0.2) is 35.9 Å². The molecule has 1 aromatic carbocycles. The number of benzene rings is 1. The minimum Gasteiger partial charge on any atom is -0.289 e. The van der Waals surface area contributed by atoms with Crippen LogP contribution in [-0.4, -0.2) is 5.78 Å². The molecule has 0 amide bonds. The Kier molecular flexibility index (Phi) is 3.82. The Labute approximate surface area is 115 Å². The highest BCUT2D eigenvalue weighted by Crippen LogP contribution is 2.30. The summed E-state index contributed by atoms with van der Waals surface area (Å²) in [5, 5.41) is 0. The summed E-state index contributed by atoms with van der Waals surface area (Å²) in [6.45, 7) is 0. The molecule has 1 heteroatoms. The fraction of sp³-hybridized carbons (Fsp3) is 0.500. The van der Waals surface area contributed by atoms with Gasteiger partial charge in [0.1, 0.15) is 0 Å². The maximum absolute atomic E-state index is 12.6. The van der Waals surface area contributed by atoms with Crippen LogP contribution in [0.4, 0.5) is 0 Å². The normalized spacial score (nSPS) is 23.2. The largest absolute Gasteiger partial charge is 0.289 e. The van der Waals surface area contributed by atoms with Gasteiger partial charge in [0, 0.05) is 5.56 Å². The molecule has 0 unspecified atom stereocenters. The Hall–Kier alpha value is -1.37. The maximum atomic E-state index is 12.6. The van der Waals surface area contributed by atoms with E-state index in [-0.39, 0.29) is 0 Å². The number of hydrogen-bond donors (Lipinski definition) is 0. The molecule has 0 N–H and O–H groups in total. The minimum absolute atomic E-state index is 0.290. The van der Waals surface area contributed by atoms with Crippen molar-refractivity contribution in [2.75, 3.05) is 0 Å². The standard InChI is InChI=1S/C18H22O/c19-18-16(13-14-7-2-1-3-8-14)11-6-10-15-9-4-5-12-17(15)18/h4-5,9,12-14H,1-3,6-8,10-11H2/b16-13+. The van der Waals surface area contributed by atoms with Crippen LogP contribution in [0.25, 0.3) is 0 Å². The summed E-state index contributed by atoms with van der Waals surface area (Å²) in [6, 6.07) is 8.14. The molecule has 0 heterocycles. The van der Waals surface area contributed by atoms with Gasteiger partial charge in [0.15, 0.2) is 5.78 Å². The van der Waals surface area contributed by atoms with Crippen molar-refractivity contribution in [1.82, 2.24) is 0 Å². The molecule has 0 bridgehead atoms. The van der Waals surface area contributed by atoms with Gasteiger partial charge < -0.3 is 0 Å². The van der Waals surface area contributed by atoms with E-state index >= 15 is 0 Å². The number of rotatable bonds is 1. The molecule has 0 aliphatic heterocycles. The highest BCUT2D eigenvalue weighted by atomic mass is 16.1. The molecule has 2 aliphatic rings. The van der Waals surface area contributed by atoms with Gasteiger partial charge in [-0.15, -0.1) is 0 Å². The van der Waals surface area contributed by atoms with Crippen LogP contribution in [0.1, 0.15) is 60.9 Å². The van der Waals surface area contributed by atoms with Gasteiger partial charge in [0.05, 0.1) is 0 Å². The summed E-state index contributed by atoms with van der Waals surface area (Å²) in [5.41, 5.74) is 3.26. The van der Waals surface area contributed by atoms with Crippen molar-refractivity contribution >= 4 is 5.78 Å². The lowest BCUT2D eigenvalue weighted by atomic mass is 9.86. The first-order valence-electron chi connectivity index (χ1n) is 7.68. The predicted molar refractivity (Wildman–Crippen MR) is 78.4 cm³/mol. The molecule has 1 fully saturated rings. The lowest BCUT2D eigenvalue weighted by Gasteiger charge is -2.19. The van der Waals surface area contributed by atoms with Crippen LogP contribution in [0, 0.1) is 5.92 Å². The van der Waals surface area contributed by atoms with Crippen LogP contribution >= 0.6 is 0 Å². The fourth-order valence-corrected chi connectivity index (χ4v) is 3.46. The Bertz CT molecular complexity index is 492. The van der Waals surface area contributed by atoms with Crippen LogP contribution in [0.2, 0.25) is 0 Å². The number of carbonyl (C=O) groups excluding carboxylic acids is 1. The van der Waals surface area contributed by atoms with E-state index in [0.29, 0.717) is 11.7 Å². The third-order valence-electron chi connectivity index (χ3n) is 4.53. The van der Waals surface area contributed by atoms with Gasteiger partial charge in [-0.2, -0.15) is 0 Å². The quantitative estimate of drug-likeness (QED) is 0.524. The van der Waals surface area contributed by atoms with E-state index in [1.54, 1.807) is 0 Å². The number of aryl methyl sites for hydroxylation is 1. The van der Waals surface area contributed by atoms with Crippen molar-refractivity contribution in [3.05, 3.63) is 47.0 Å². The van der Waals surface area contributed by atoms with Gasteiger partial charge in [-0.05, 0) is 49.2 Å². The second kappa shape index (κ2) is 5.73. The molecule has 0 radical (unpaired) electrons. The number of fused-ring (bicyclic) bond motifs is 1. The molecule has 0 aromatic heterocycles. The summed E-state index contributed by atoms with van der Waals surface area (Å²) in [7, 11) is 0. The average molecular weight is 254 g/mol. The van der Waals surface area contributed by atoms with Crippen molar-refractivity contribution in [2.24, 2.45) is 5.92 Å². The number of hydrogen-bond acceptors (Lipinski definition) is 1. The van der Waals surface area contributed by atoms with Gasteiger partial charge in [-0.3, -0.25) is 4.79 Å². The Balaban J connectivity index is 1.86. The van der Waals surface area contributed by atoms with E-state index in [1.165, 1.54) is 37.7 Å². The SMILES string of the molecule is O=C1/C(=C/C2CCCCC2)CCCc2ccccc21. The number of carbonyl (C=O) groups is 1. The van der Waals surface area contributed by atoms with E-state index in [4.69, 9.17) is 0 Å². The van der Waals surface area contributed by atoms with Crippen molar-refractivity contribution in [3.8, 4) is 0 Å². The number of ketones is 1. The van der Waals surface area contributed by atoms with Gasteiger partial charge in [0.2, 0.25) is 0 Å².